The molecule has 0 radical (unpaired) electrons. The highest BCUT2D eigenvalue weighted by Crippen LogP contribution is 2.37. The molecule has 0 spiro atoms. The first-order chi connectivity index (χ1) is 18.8. The largest absolute Gasteiger partial charge is 0.492 e. The number of halogens is 1. The van der Waals surface area contributed by atoms with Gasteiger partial charge in [-0.15, -0.1) is 0 Å². The minimum absolute atomic E-state index is 0.186. The number of rotatable bonds is 11. The van der Waals surface area contributed by atoms with Gasteiger partial charge in [0.2, 0.25) is 0 Å². The fraction of sp³-hybridized carbons (Fsp3) is 0.406. The zero-order valence-electron chi connectivity index (χ0n) is 24.5. The highest BCUT2D eigenvalue weighted by Gasteiger charge is 2.29. The molecule has 3 aromatic rings. The van der Waals surface area contributed by atoms with Crippen LogP contribution >= 0.6 is 11.6 Å². The third-order valence-electron chi connectivity index (χ3n) is 6.74. The Bertz CT molecular complexity index is 1360. The molecule has 0 aliphatic rings. The van der Waals surface area contributed by atoms with Gasteiger partial charge in [0.15, 0.2) is 0 Å². The second-order valence-electron chi connectivity index (χ2n) is 11.6. The number of carboxylic acid groups (broad SMARTS) is 1. The van der Waals surface area contributed by atoms with Gasteiger partial charge in [0.25, 0.3) is 5.91 Å². The second-order valence-corrected chi connectivity index (χ2v) is 12.0. The van der Waals surface area contributed by atoms with Crippen LogP contribution in [0.25, 0.3) is 22.4 Å². The van der Waals surface area contributed by atoms with E-state index in [0.29, 0.717) is 23.1 Å². The van der Waals surface area contributed by atoms with Crippen LogP contribution in [0, 0.1) is 19.3 Å². The van der Waals surface area contributed by atoms with Crippen molar-refractivity contribution < 1.29 is 19.4 Å². The Morgan fingerprint density at radius 3 is 2.38 bits per heavy atom. The number of carbonyl (C=O) groups is 2. The van der Waals surface area contributed by atoms with Crippen LogP contribution in [0.2, 0.25) is 5.02 Å². The highest BCUT2D eigenvalue weighted by molar-refractivity contribution is 6.32. The van der Waals surface area contributed by atoms with Crippen LogP contribution in [0.4, 0.5) is 0 Å². The van der Waals surface area contributed by atoms with Gasteiger partial charge < -0.3 is 20.1 Å². The van der Waals surface area contributed by atoms with Crippen molar-refractivity contribution in [1.29, 1.82) is 0 Å². The fourth-order valence-corrected chi connectivity index (χ4v) is 4.62. The Labute approximate surface area is 242 Å². The average Bonchev–Trinajstić information content (AvgIpc) is 2.86. The number of carboxylic acids is 1. The molecule has 40 heavy (non-hydrogen) atoms. The van der Waals surface area contributed by atoms with E-state index in [1.165, 1.54) is 0 Å². The van der Waals surface area contributed by atoms with Gasteiger partial charge in [-0.3, -0.25) is 9.59 Å². The van der Waals surface area contributed by atoms with Crippen LogP contribution in [0.3, 0.4) is 0 Å². The van der Waals surface area contributed by atoms with E-state index in [9.17, 15) is 14.7 Å². The quantitative estimate of drug-likeness (QED) is 0.253. The normalized spacial score (nSPS) is 12.3. The molecule has 3 rings (SSSR count). The molecule has 0 saturated heterocycles. The van der Waals surface area contributed by atoms with Crippen LogP contribution in [0.15, 0.2) is 48.5 Å². The summed E-state index contributed by atoms with van der Waals surface area (Å²) in [5.41, 5.74) is 5.22. The van der Waals surface area contributed by atoms with E-state index in [1.807, 2.05) is 73.0 Å². The number of hydrogen-bond donors (Lipinski definition) is 2. The van der Waals surface area contributed by atoms with Crippen molar-refractivity contribution in [2.24, 2.45) is 5.41 Å². The van der Waals surface area contributed by atoms with Gasteiger partial charge in [0.05, 0.1) is 23.7 Å². The third-order valence-corrected chi connectivity index (χ3v) is 7.05. The maximum absolute atomic E-state index is 13.4. The lowest BCUT2D eigenvalue weighted by Gasteiger charge is -2.30. The number of nitrogens with one attached hydrogen (secondary N) is 1. The van der Waals surface area contributed by atoms with Crippen molar-refractivity contribution in [3.63, 3.8) is 0 Å². The first-order valence-electron chi connectivity index (χ1n) is 13.4. The number of nitrogens with zero attached hydrogens (tertiary/aromatic N) is 2. The van der Waals surface area contributed by atoms with Gasteiger partial charge in [-0.05, 0) is 75.2 Å². The maximum atomic E-state index is 13.4. The van der Waals surface area contributed by atoms with Gasteiger partial charge in [-0.1, -0.05) is 62.2 Å². The molecule has 2 N–H and O–H groups in total. The summed E-state index contributed by atoms with van der Waals surface area (Å²) in [6, 6.07) is 14.7. The molecular formula is C32H40ClN3O4. The van der Waals surface area contributed by atoms with Gasteiger partial charge in [-0.25, -0.2) is 4.98 Å². The summed E-state index contributed by atoms with van der Waals surface area (Å²) in [6.45, 7) is 11.2. The van der Waals surface area contributed by atoms with Gasteiger partial charge in [0.1, 0.15) is 11.4 Å². The highest BCUT2D eigenvalue weighted by atomic mass is 35.5. The topological polar surface area (TPSA) is 91.8 Å². The monoisotopic (exact) mass is 565 g/mol. The lowest BCUT2D eigenvalue weighted by molar-refractivity contribution is -0.138. The number of hydrogen-bond acceptors (Lipinski definition) is 5. The molecule has 0 unspecified atom stereocenters. The Kier molecular flexibility index (Phi) is 10.3. The molecule has 0 bridgehead atoms. The first kappa shape index (κ1) is 31.1. The molecule has 0 fully saturated rings. The van der Waals surface area contributed by atoms with Crippen LogP contribution in [-0.2, 0) is 4.79 Å². The SMILES string of the molecule is Cc1ccc(-c2ccc(C(=O)N[C@@H](CC(=O)O)C(C)(C)C)nc2-c2ccc(Cl)c(OCCCN(C)C)c2)c(C)c1. The molecule has 1 aromatic heterocycles. The number of benzene rings is 2. The lowest BCUT2D eigenvalue weighted by atomic mass is 9.84. The second kappa shape index (κ2) is 13.3. The van der Waals surface area contributed by atoms with Crippen molar-refractivity contribution in [3.8, 4) is 28.1 Å². The van der Waals surface area contributed by atoms with Crippen molar-refractivity contribution in [3.05, 3.63) is 70.4 Å². The van der Waals surface area contributed by atoms with Gasteiger partial charge in [0, 0.05) is 23.7 Å². The molecule has 8 heteroatoms. The summed E-state index contributed by atoms with van der Waals surface area (Å²) >= 11 is 6.48. The number of aromatic nitrogens is 1. The van der Waals surface area contributed by atoms with Crippen molar-refractivity contribution in [1.82, 2.24) is 15.2 Å². The van der Waals surface area contributed by atoms with E-state index in [2.05, 4.69) is 22.3 Å². The third kappa shape index (κ3) is 8.29. The number of aryl methyl sites for hydroxylation is 2. The lowest BCUT2D eigenvalue weighted by Crippen LogP contribution is -2.45. The molecule has 0 aliphatic carbocycles. The maximum Gasteiger partial charge on any atom is 0.305 e. The summed E-state index contributed by atoms with van der Waals surface area (Å²) in [6.07, 6.45) is 0.662. The summed E-state index contributed by atoms with van der Waals surface area (Å²) in [5, 5.41) is 12.8. The Balaban J connectivity index is 2.07. The summed E-state index contributed by atoms with van der Waals surface area (Å²) < 4.78 is 6.02. The van der Waals surface area contributed by atoms with Crippen molar-refractivity contribution in [2.75, 3.05) is 27.2 Å². The molecule has 214 valence electrons. The fourth-order valence-electron chi connectivity index (χ4n) is 4.44. The minimum atomic E-state index is -0.974. The Morgan fingerprint density at radius 2 is 1.75 bits per heavy atom. The van der Waals surface area contributed by atoms with Gasteiger partial charge in [-0.2, -0.15) is 0 Å². The molecule has 2 aromatic carbocycles. The summed E-state index contributed by atoms with van der Waals surface area (Å²) in [4.78, 5) is 31.7. The van der Waals surface area contributed by atoms with Crippen LogP contribution < -0.4 is 10.1 Å². The number of ether oxygens (including phenoxy) is 1. The van der Waals surface area contributed by atoms with Crippen LogP contribution in [0.5, 0.6) is 5.75 Å². The van der Waals surface area contributed by atoms with E-state index < -0.39 is 23.3 Å². The zero-order chi connectivity index (χ0) is 29.6. The molecule has 7 nitrogen and oxygen atoms in total. The number of carbonyl (C=O) groups excluding carboxylic acids is 1. The van der Waals surface area contributed by atoms with E-state index in [-0.39, 0.29) is 12.1 Å². The number of aliphatic carboxylic acids is 1. The van der Waals surface area contributed by atoms with E-state index in [1.54, 1.807) is 12.1 Å². The standard InChI is InChI=1S/C32H40ClN3O4/c1-20-9-11-23(21(2)17-20)24-12-14-26(31(39)35-28(19-29(37)38)32(3,4)5)34-30(24)22-10-13-25(33)27(18-22)40-16-8-15-36(6)7/h9-14,17-18,28H,8,15-16,19H2,1-7H3,(H,35,39)(H,37,38)/t28-/m0/s1. The first-order valence-corrected chi connectivity index (χ1v) is 13.8. The van der Waals surface area contributed by atoms with Gasteiger partial charge >= 0.3 is 5.97 Å². The molecule has 1 amide bonds. The Hall–Kier alpha value is -3.42. The van der Waals surface area contributed by atoms with Crippen LogP contribution in [-0.4, -0.2) is 60.2 Å². The number of amides is 1. The minimum Gasteiger partial charge on any atom is -0.492 e. The number of pyridine rings is 1. The molecule has 0 saturated carbocycles. The van der Waals surface area contributed by atoms with Crippen molar-refractivity contribution >= 4 is 23.5 Å². The molecule has 0 aliphatic heterocycles. The van der Waals surface area contributed by atoms with E-state index in [4.69, 9.17) is 21.3 Å². The van der Waals surface area contributed by atoms with Crippen molar-refractivity contribution in [2.45, 2.75) is 53.5 Å². The molecule has 1 heterocycles. The predicted octanol–water partition coefficient (Wildman–Crippen LogP) is 6.64. The molecule has 1 atom stereocenters. The molecular weight excluding hydrogens is 526 g/mol. The van der Waals surface area contributed by atoms with E-state index in [0.717, 1.165) is 40.8 Å². The predicted molar refractivity (Wildman–Crippen MR) is 161 cm³/mol. The Morgan fingerprint density at radius 1 is 1.05 bits per heavy atom. The summed E-state index contributed by atoms with van der Waals surface area (Å²) in [5.74, 6) is -0.850. The summed E-state index contributed by atoms with van der Waals surface area (Å²) in [7, 11) is 4.03. The van der Waals surface area contributed by atoms with E-state index >= 15 is 0 Å². The zero-order valence-corrected chi connectivity index (χ0v) is 25.2. The average molecular weight is 566 g/mol. The van der Waals surface area contributed by atoms with Crippen LogP contribution in [0.1, 0.15) is 55.2 Å². The smallest absolute Gasteiger partial charge is 0.305 e.